The van der Waals surface area contributed by atoms with Gasteiger partial charge in [-0.25, -0.2) is 0 Å². The van der Waals surface area contributed by atoms with E-state index in [1.54, 1.807) is 48.5 Å². The zero-order valence-electron chi connectivity index (χ0n) is 29.4. The molecule has 0 heterocycles. The predicted octanol–water partition coefficient (Wildman–Crippen LogP) is 10.3. The molecular formula is C48H38O6. The fourth-order valence-corrected chi connectivity index (χ4v) is 7.60. The highest BCUT2D eigenvalue weighted by Gasteiger charge is 2.24. The summed E-state index contributed by atoms with van der Waals surface area (Å²) in [5, 5.41) is 67.9. The summed E-state index contributed by atoms with van der Waals surface area (Å²) >= 11 is 0. The first-order valence-electron chi connectivity index (χ1n) is 17.9. The molecular weight excluding hydrogens is 673 g/mol. The van der Waals surface area contributed by atoms with E-state index in [-0.39, 0.29) is 34.5 Å². The second-order valence-electron chi connectivity index (χ2n) is 13.9. The van der Waals surface area contributed by atoms with E-state index >= 15 is 0 Å². The summed E-state index contributed by atoms with van der Waals surface area (Å²) in [6.45, 7) is 0. The number of hydrogen-bond donors (Lipinski definition) is 6. The van der Waals surface area contributed by atoms with E-state index in [2.05, 4.69) is 6.07 Å². The van der Waals surface area contributed by atoms with Crippen molar-refractivity contribution in [1.29, 1.82) is 0 Å². The van der Waals surface area contributed by atoms with Gasteiger partial charge in [0, 0.05) is 35.8 Å². The molecule has 6 nitrogen and oxygen atoms in total. The molecule has 0 radical (unpaired) electrons. The standard InChI is InChI=1S/C48H38O6/c49-34-16-8-29(9-17-34)24-33-28-42-39(44(47(33)53)26-31-12-20-36(51)21-13-31)6-3-7-40(42)46-43(25-30-10-18-35(50)19-11-30)38-4-1-2-5-41(38)48(54)45(46)27-32-14-22-37(52)23-15-32/h1-23,28,49-54H,24-27H2. The molecule has 0 aromatic heterocycles. The molecule has 0 saturated heterocycles. The van der Waals surface area contributed by atoms with Gasteiger partial charge in [-0.1, -0.05) is 91.0 Å². The molecule has 0 amide bonds. The zero-order chi connectivity index (χ0) is 37.3. The Morgan fingerprint density at radius 3 is 1.24 bits per heavy atom. The molecule has 8 aromatic carbocycles. The van der Waals surface area contributed by atoms with Crippen LogP contribution < -0.4 is 0 Å². The lowest BCUT2D eigenvalue weighted by molar-refractivity contribution is 0.464. The van der Waals surface area contributed by atoms with Crippen molar-refractivity contribution in [2.45, 2.75) is 25.7 Å². The van der Waals surface area contributed by atoms with Gasteiger partial charge in [-0.15, -0.1) is 0 Å². The monoisotopic (exact) mass is 710 g/mol. The average molecular weight is 711 g/mol. The minimum absolute atomic E-state index is 0.158. The fraction of sp³-hybridized carbons (Fsp3) is 0.0833. The lowest BCUT2D eigenvalue weighted by Crippen LogP contribution is -2.03. The third-order valence-corrected chi connectivity index (χ3v) is 10.3. The zero-order valence-corrected chi connectivity index (χ0v) is 29.4. The van der Waals surface area contributed by atoms with Crippen molar-refractivity contribution in [1.82, 2.24) is 0 Å². The molecule has 0 unspecified atom stereocenters. The molecule has 266 valence electrons. The van der Waals surface area contributed by atoms with Gasteiger partial charge >= 0.3 is 0 Å². The summed E-state index contributed by atoms with van der Waals surface area (Å²) in [4.78, 5) is 0. The van der Waals surface area contributed by atoms with Crippen LogP contribution in [-0.4, -0.2) is 30.6 Å². The van der Waals surface area contributed by atoms with Crippen LogP contribution in [0.1, 0.15) is 44.5 Å². The highest BCUT2D eigenvalue weighted by Crippen LogP contribution is 2.47. The summed E-state index contributed by atoms with van der Waals surface area (Å²) in [6, 6.07) is 44.1. The smallest absolute Gasteiger partial charge is 0.127 e. The SMILES string of the molecule is Oc1ccc(Cc2cc3c(-c4c(Cc5ccc(O)cc5)c(O)c5ccccc5c4Cc4ccc(O)cc4)cccc3c(Cc3ccc(O)cc3)c2O)cc1. The molecule has 0 aliphatic carbocycles. The number of fused-ring (bicyclic) bond motifs is 2. The van der Waals surface area contributed by atoms with Gasteiger partial charge in [0.05, 0.1) is 0 Å². The van der Waals surface area contributed by atoms with Crippen molar-refractivity contribution < 1.29 is 30.6 Å². The van der Waals surface area contributed by atoms with Gasteiger partial charge in [0.2, 0.25) is 0 Å². The van der Waals surface area contributed by atoms with Gasteiger partial charge in [0.15, 0.2) is 0 Å². The number of phenolic OH excluding ortho intramolecular Hbond substituents is 6. The molecule has 8 aromatic rings. The van der Waals surface area contributed by atoms with E-state index < -0.39 is 0 Å². The van der Waals surface area contributed by atoms with Crippen LogP contribution >= 0.6 is 0 Å². The first-order valence-corrected chi connectivity index (χ1v) is 17.9. The molecule has 6 N–H and O–H groups in total. The molecule has 8 rings (SSSR count). The summed E-state index contributed by atoms with van der Waals surface area (Å²) in [5.41, 5.74) is 8.66. The van der Waals surface area contributed by atoms with Crippen molar-refractivity contribution >= 4 is 21.5 Å². The maximum Gasteiger partial charge on any atom is 0.127 e. The number of phenols is 6. The number of aromatic hydroxyl groups is 6. The van der Waals surface area contributed by atoms with Gasteiger partial charge in [-0.05, 0) is 122 Å². The topological polar surface area (TPSA) is 121 Å². The van der Waals surface area contributed by atoms with E-state index in [0.717, 1.165) is 71.6 Å². The van der Waals surface area contributed by atoms with Gasteiger partial charge in [0.1, 0.15) is 34.5 Å². The molecule has 0 spiro atoms. The van der Waals surface area contributed by atoms with E-state index in [1.807, 2.05) is 91.0 Å². The third kappa shape index (κ3) is 6.73. The maximum atomic E-state index is 12.2. The van der Waals surface area contributed by atoms with Crippen molar-refractivity contribution in [3.05, 3.63) is 190 Å². The lowest BCUT2D eigenvalue weighted by Gasteiger charge is -2.23. The Morgan fingerprint density at radius 1 is 0.315 bits per heavy atom. The van der Waals surface area contributed by atoms with Gasteiger partial charge in [0.25, 0.3) is 0 Å². The van der Waals surface area contributed by atoms with E-state index in [4.69, 9.17) is 0 Å². The maximum absolute atomic E-state index is 12.2. The molecule has 54 heavy (non-hydrogen) atoms. The molecule has 0 saturated carbocycles. The van der Waals surface area contributed by atoms with Crippen molar-refractivity contribution in [3.63, 3.8) is 0 Å². The van der Waals surface area contributed by atoms with Crippen LogP contribution in [0.15, 0.2) is 146 Å². The lowest BCUT2D eigenvalue weighted by atomic mass is 9.81. The summed E-state index contributed by atoms with van der Waals surface area (Å²) in [6.07, 6.45) is 1.69. The summed E-state index contributed by atoms with van der Waals surface area (Å²) in [7, 11) is 0. The second kappa shape index (κ2) is 14.2. The molecule has 0 bridgehead atoms. The highest BCUT2D eigenvalue weighted by molar-refractivity contribution is 6.06. The Labute approximate surface area is 312 Å². The van der Waals surface area contributed by atoms with Crippen molar-refractivity contribution in [3.8, 4) is 45.6 Å². The van der Waals surface area contributed by atoms with Crippen LogP contribution in [0.4, 0.5) is 0 Å². The molecule has 0 fully saturated rings. The fourth-order valence-electron chi connectivity index (χ4n) is 7.60. The average Bonchev–Trinajstić information content (AvgIpc) is 3.18. The minimum Gasteiger partial charge on any atom is -0.508 e. The van der Waals surface area contributed by atoms with Crippen LogP contribution in [0.25, 0.3) is 32.7 Å². The Hall–Kier alpha value is -6.92. The van der Waals surface area contributed by atoms with Crippen LogP contribution in [-0.2, 0) is 25.7 Å². The predicted molar refractivity (Wildman–Crippen MR) is 214 cm³/mol. The normalized spacial score (nSPS) is 11.3. The van der Waals surface area contributed by atoms with Gasteiger partial charge in [-0.2, -0.15) is 0 Å². The van der Waals surface area contributed by atoms with E-state index in [0.29, 0.717) is 31.2 Å². The number of benzene rings is 8. The van der Waals surface area contributed by atoms with Crippen LogP contribution in [0.2, 0.25) is 0 Å². The van der Waals surface area contributed by atoms with Crippen LogP contribution in [0, 0.1) is 0 Å². The number of rotatable bonds is 9. The molecule has 0 aliphatic rings. The Balaban J connectivity index is 1.44. The van der Waals surface area contributed by atoms with E-state index in [9.17, 15) is 30.6 Å². The van der Waals surface area contributed by atoms with Gasteiger partial charge in [-0.3, -0.25) is 0 Å². The summed E-state index contributed by atoms with van der Waals surface area (Å²) in [5.74, 6) is 1.01. The van der Waals surface area contributed by atoms with Crippen LogP contribution in [0.5, 0.6) is 34.5 Å². The summed E-state index contributed by atoms with van der Waals surface area (Å²) < 4.78 is 0. The first kappa shape index (κ1) is 34.2. The first-order chi connectivity index (χ1) is 26.2. The quantitative estimate of drug-likeness (QED) is 0.0887. The molecule has 0 aliphatic heterocycles. The Morgan fingerprint density at radius 2 is 0.722 bits per heavy atom. The highest BCUT2D eigenvalue weighted by atomic mass is 16.3. The van der Waals surface area contributed by atoms with Crippen LogP contribution in [0.3, 0.4) is 0 Å². The third-order valence-electron chi connectivity index (χ3n) is 10.3. The second-order valence-corrected chi connectivity index (χ2v) is 13.9. The molecule has 0 atom stereocenters. The van der Waals surface area contributed by atoms with Crippen molar-refractivity contribution in [2.24, 2.45) is 0 Å². The van der Waals surface area contributed by atoms with Gasteiger partial charge < -0.3 is 30.6 Å². The molecule has 6 heteroatoms. The largest absolute Gasteiger partial charge is 0.508 e. The Kier molecular flexibility index (Phi) is 9.02. The van der Waals surface area contributed by atoms with E-state index in [1.165, 1.54) is 0 Å². The minimum atomic E-state index is 0.158. The Bertz CT molecular complexity index is 2630. The number of hydrogen-bond acceptors (Lipinski definition) is 6. The van der Waals surface area contributed by atoms with Crippen molar-refractivity contribution in [2.75, 3.05) is 0 Å².